The van der Waals surface area contributed by atoms with E-state index >= 15 is 0 Å². The van der Waals surface area contributed by atoms with Crippen molar-refractivity contribution in [2.75, 3.05) is 55.9 Å². The minimum absolute atomic E-state index is 0.0582. The van der Waals surface area contributed by atoms with E-state index in [1.165, 1.54) is 4.90 Å². The molecule has 1 amide bonds. The zero-order valence-corrected chi connectivity index (χ0v) is 21.2. The second-order valence-corrected chi connectivity index (χ2v) is 10.0. The van der Waals surface area contributed by atoms with Crippen LogP contribution in [0.2, 0.25) is 0 Å². The van der Waals surface area contributed by atoms with E-state index in [0.717, 1.165) is 71.7 Å². The van der Waals surface area contributed by atoms with Crippen LogP contribution >= 0.6 is 11.3 Å². The Labute approximate surface area is 214 Å². The summed E-state index contributed by atoms with van der Waals surface area (Å²) in [5.74, 6) is -0.243. The Hall–Kier alpha value is -3.17. The molecule has 0 spiro atoms. The third kappa shape index (κ3) is 5.32. The highest BCUT2D eigenvalue weighted by molar-refractivity contribution is 7.17. The SMILES string of the molecule is CCOC(=O)OCN1C(=O)CCc2ccc(CCN3CCN(c4cc(F)cc5sccc45)CC3)cc21. The van der Waals surface area contributed by atoms with Gasteiger partial charge in [-0.05, 0) is 60.5 Å². The number of fused-ring (bicyclic) bond motifs is 2. The van der Waals surface area contributed by atoms with E-state index in [4.69, 9.17) is 9.47 Å². The molecular weight excluding hydrogens is 481 g/mol. The average Bonchev–Trinajstić information content (AvgIpc) is 3.35. The molecule has 1 aromatic heterocycles. The number of ether oxygens (including phenoxy) is 2. The lowest BCUT2D eigenvalue weighted by Gasteiger charge is -2.36. The molecule has 0 bridgehead atoms. The minimum Gasteiger partial charge on any atom is -0.435 e. The summed E-state index contributed by atoms with van der Waals surface area (Å²) < 4.78 is 25.1. The van der Waals surface area contributed by atoms with Gasteiger partial charge in [0.2, 0.25) is 5.91 Å². The van der Waals surface area contributed by atoms with Crippen LogP contribution in [0.5, 0.6) is 0 Å². The molecule has 3 heterocycles. The Morgan fingerprint density at radius 3 is 2.67 bits per heavy atom. The van der Waals surface area contributed by atoms with Gasteiger partial charge in [0.15, 0.2) is 6.73 Å². The van der Waals surface area contributed by atoms with Crippen molar-refractivity contribution in [2.24, 2.45) is 0 Å². The molecule has 2 aromatic carbocycles. The van der Waals surface area contributed by atoms with Crippen molar-refractivity contribution in [1.82, 2.24) is 4.90 Å². The maximum Gasteiger partial charge on any atom is 0.510 e. The van der Waals surface area contributed by atoms with Gasteiger partial charge < -0.3 is 14.4 Å². The molecule has 0 aliphatic carbocycles. The van der Waals surface area contributed by atoms with Gasteiger partial charge in [-0.25, -0.2) is 9.18 Å². The molecule has 0 N–H and O–H groups in total. The zero-order chi connectivity index (χ0) is 25.1. The van der Waals surface area contributed by atoms with Gasteiger partial charge in [0.1, 0.15) is 5.82 Å². The number of halogens is 1. The predicted molar refractivity (Wildman–Crippen MR) is 139 cm³/mol. The lowest BCUT2D eigenvalue weighted by molar-refractivity contribution is -0.119. The fourth-order valence-corrected chi connectivity index (χ4v) is 5.77. The van der Waals surface area contributed by atoms with Gasteiger partial charge in [-0.2, -0.15) is 0 Å². The zero-order valence-electron chi connectivity index (χ0n) is 20.4. The highest BCUT2D eigenvalue weighted by Gasteiger charge is 2.26. The van der Waals surface area contributed by atoms with Crippen molar-refractivity contribution < 1.29 is 23.5 Å². The summed E-state index contributed by atoms with van der Waals surface area (Å²) >= 11 is 1.57. The van der Waals surface area contributed by atoms with Crippen molar-refractivity contribution >= 4 is 44.9 Å². The monoisotopic (exact) mass is 511 g/mol. The summed E-state index contributed by atoms with van der Waals surface area (Å²) in [6.45, 7) is 6.21. The molecule has 0 atom stereocenters. The first-order valence-electron chi connectivity index (χ1n) is 12.4. The standard InChI is InChI=1S/C27H30FN3O4S/c1-2-34-27(33)35-18-31-23-15-19(3-4-20(23)5-6-26(31)32)7-9-29-10-12-30(13-11-29)24-16-21(28)17-25-22(24)8-14-36-25/h3-4,8,14-17H,2,5-7,9-13,18H2,1H3. The Balaban J connectivity index is 1.19. The third-order valence-electron chi connectivity index (χ3n) is 6.87. The highest BCUT2D eigenvalue weighted by Crippen LogP contribution is 2.33. The minimum atomic E-state index is -0.773. The number of amides is 1. The van der Waals surface area contributed by atoms with Crippen molar-refractivity contribution in [1.29, 1.82) is 0 Å². The second kappa shape index (κ2) is 10.8. The quantitative estimate of drug-likeness (QED) is 0.424. The van der Waals surface area contributed by atoms with Crippen LogP contribution in [0.1, 0.15) is 24.5 Å². The fraction of sp³-hybridized carbons (Fsp3) is 0.407. The third-order valence-corrected chi connectivity index (χ3v) is 7.73. The van der Waals surface area contributed by atoms with E-state index in [0.29, 0.717) is 12.8 Å². The van der Waals surface area contributed by atoms with Crippen LogP contribution in [0.3, 0.4) is 0 Å². The molecule has 0 radical (unpaired) electrons. The molecule has 0 unspecified atom stereocenters. The van der Waals surface area contributed by atoms with E-state index in [1.807, 2.05) is 11.4 Å². The van der Waals surface area contributed by atoms with E-state index < -0.39 is 6.16 Å². The van der Waals surface area contributed by atoms with Crippen LogP contribution in [-0.4, -0.2) is 63.0 Å². The van der Waals surface area contributed by atoms with Crippen LogP contribution < -0.4 is 9.80 Å². The smallest absolute Gasteiger partial charge is 0.435 e. The number of carbonyl (C=O) groups is 2. The number of aryl methyl sites for hydroxylation is 1. The summed E-state index contributed by atoms with van der Waals surface area (Å²) in [5, 5.41) is 3.13. The van der Waals surface area contributed by atoms with Crippen LogP contribution in [0.25, 0.3) is 10.1 Å². The normalized spacial score (nSPS) is 16.3. The van der Waals surface area contributed by atoms with E-state index in [9.17, 15) is 14.0 Å². The van der Waals surface area contributed by atoms with Gasteiger partial charge in [-0.3, -0.25) is 14.6 Å². The Morgan fingerprint density at radius 2 is 1.86 bits per heavy atom. The van der Waals surface area contributed by atoms with Crippen molar-refractivity contribution in [3.63, 3.8) is 0 Å². The molecular formula is C27H30FN3O4S. The summed E-state index contributed by atoms with van der Waals surface area (Å²) in [6, 6.07) is 11.6. The Morgan fingerprint density at radius 1 is 1.03 bits per heavy atom. The van der Waals surface area contributed by atoms with Crippen molar-refractivity contribution in [2.45, 2.75) is 26.2 Å². The summed E-state index contributed by atoms with van der Waals surface area (Å²) in [5.41, 5.74) is 4.01. The van der Waals surface area contributed by atoms with E-state index in [2.05, 4.69) is 28.0 Å². The van der Waals surface area contributed by atoms with Gasteiger partial charge in [-0.15, -0.1) is 11.3 Å². The maximum atomic E-state index is 14.1. The van der Waals surface area contributed by atoms with Gasteiger partial charge in [0.25, 0.3) is 0 Å². The molecule has 3 aromatic rings. The number of carbonyl (C=O) groups excluding carboxylic acids is 2. The molecule has 7 nitrogen and oxygen atoms in total. The van der Waals surface area contributed by atoms with Crippen LogP contribution in [0.4, 0.5) is 20.6 Å². The molecule has 2 aliphatic rings. The van der Waals surface area contributed by atoms with Gasteiger partial charge >= 0.3 is 6.16 Å². The van der Waals surface area contributed by atoms with Gasteiger partial charge in [0.05, 0.1) is 12.3 Å². The molecule has 9 heteroatoms. The topological polar surface area (TPSA) is 62.3 Å². The lowest BCUT2D eigenvalue weighted by atomic mass is 9.98. The number of hydrogen-bond donors (Lipinski definition) is 0. The van der Waals surface area contributed by atoms with E-state index in [1.54, 1.807) is 30.4 Å². The van der Waals surface area contributed by atoms with Gasteiger partial charge in [0, 0.05) is 54.9 Å². The van der Waals surface area contributed by atoms with Crippen LogP contribution in [-0.2, 0) is 27.1 Å². The second-order valence-electron chi connectivity index (χ2n) is 9.08. The summed E-state index contributed by atoms with van der Waals surface area (Å²) in [7, 11) is 0. The molecule has 190 valence electrons. The number of piperazine rings is 1. The number of rotatable bonds is 7. The molecule has 1 fully saturated rings. The molecule has 0 saturated carbocycles. The molecule has 2 aliphatic heterocycles. The first kappa shape index (κ1) is 24.5. The fourth-order valence-electron chi connectivity index (χ4n) is 4.94. The number of hydrogen-bond acceptors (Lipinski definition) is 7. The van der Waals surface area contributed by atoms with Crippen molar-refractivity contribution in [3.05, 3.63) is 58.7 Å². The summed E-state index contributed by atoms with van der Waals surface area (Å²) in [6.07, 6.45) is 1.16. The lowest BCUT2D eigenvalue weighted by Crippen LogP contribution is -2.47. The van der Waals surface area contributed by atoms with E-state index in [-0.39, 0.29) is 25.1 Å². The number of anilines is 2. The Bertz CT molecular complexity index is 1260. The number of benzene rings is 2. The number of nitrogens with zero attached hydrogens (tertiary/aromatic N) is 3. The largest absolute Gasteiger partial charge is 0.510 e. The van der Waals surface area contributed by atoms with Crippen molar-refractivity contribution in [3.8, 4) is 0 Å². The number of thiophene rings is 1. The Kier molecular flexibility index (Phi) is 7.38. The maximum absolute atomic E-state index is 14.1. The molecule has 5 rings (SSSR count). The first-order chi connectivity index (χ1) is 17.5. The highest BCUT2D eigenvalue weighted by atomic mass is 32.1. The van der Waals surface area contributed by atoms with Gasteiger partial charge in [-0.1, -0.05) is 12.1 Å². The first-order valence-corrected chi connectivity index (χ1v) is 13.3. The van der Waals surface area contributed by atoms with Crippen LogP contribution in [0.15, 0.2) is 41.8 Å². The average molecular weight is 512 g/mol. The summed E-state index contributed by atoms with van der Waals surface area (Å²) in [4.78, 5) is 30.4. The van der Waals surface area contributed by atoms with Crippen LogP contribution in [0, 0.1) is 5.82 Å². The predicted octanol–water partition coefficient (Wildman–Crippen LogP) is 4.81. The molecule has 36 heavy (non-hydrogen) atoms. The molecule has 1 saturated heterocycles.